The lowest BCUT2D eigenvalue weighted by Crippen LogP contribution is -2.34. The average Bonchev–Trinajstić information content (AvgIpc) is 3.18. The number of methoxy groups -OCH3 is 1. The Morgan fingerprint density at radius 1 is 0.892 bits per heavy atom. The Morgan fingerprint density at radius 2 is 1.49 bits per heavy atom. The van der Waals surface area contributed by atoms with Gasteiger partial charge in [-0.25, -0.2) is 4.79 Å². The van der Waals surface area contributed by atoms with Gasteiger partial charge in [0.15, 0.2) is 0 Å². The molecule has 1 amide bonds. The fourth-order valence-electron chi connectivity index (χ4n) is 4.69. The Hall–Kier alpha value is -3.45. The number of rotatable bonds is 13. The Bertz CT molecular complexity index is 1090. The van der Waals surface area contributed by atoms with Crippen LogP contribution in [0.25, 0.3) is 5.76 Å². The highest BCUT2D eigenvalue weighted by molar-refractivity contribution is 6.46. The summed E-state index contributed by atoms with van der Waals surface area (Å²) in [5.41, 5.74) is 1.56. The van der Waals surface area contributed by atoms with Gasteiger partial charge in [0.25, 0.3) is 11.7 Å². The van der Waals surface area contributed by atoms with Gasteiger partial charge < -0.3 is 19.6 Å². The van der Waals surface area contributed by atoms with Crippen LogP contribution < -0.4 is 0 Å². The zero-order valence-corrected chi connectivity index (χ0v) is 22.1. The fourth-order valence-corrected chi connectivity index (χ4v) is 4.69. The fraction of sp³-hybridized carbons (Fsp3) is 0.433. The SMILES string of the molecule is CCCCN(CCCC)CCCN1C(=O)C(=O)C(=C(O)c2ccccc2)[C@@H]1c1ccc(C(=O)OC)cc1. The average molecular weight is 507 g/mol. The van der Waals surface area contributed by atoms with Crippen LogP contribution in [0.15, 0.2) is 60.2 Å². The largest absolute Gasteiger partial charge is 0.507 e. The molecule has 7 nitrogen and oxygen atoms in total. The van der Waals surface area contributed by atoms with E-state index in [4.69, 9.17) is 4.74 Å². The lowest BCUT2D eigenvalue weighted by Gasteiger charge is -2.27. The van der Waals surface area contributed by atoms with Crippen molar-refractivity contribution in [2.24, 2.45) is 0 Å². The normalized spacial score (nSPS) is 17.0. The van der Waals surface area contributed by atoms with Crippen LogP contribution in [0.5, 0.6) is 0 Å². The maximum Gasteiger partial charge on any atom is 0.337 e. The number of hydrogen-bond donors (Lipinski definition) is 1. The number of carbonyl (C=O) groups is 3. The first-order valence-corrected chi connectivity index (χ1v) is 13.2. The van der Waals surface area contributed by atoms with E-state index in [1.165, 1.54) is 7.11 Å². The van der Waals surface area contributed by atoms with Crippen molar-refractivity contribution in [3.05, 3.63) is 76.9 Å². The summed E-state index contributed by atoms with van der Waals surface area (Å²) in [7, 11) is 1.31. The van der Waals surface area contributed by atoms with Crippen LogP contribution in [0.2, 0.25) is 0 Å². The topological polar surface area (TPSA) is 87.2 Å². The number of unbranched alkanes of at least 4 members (excludes halogenated alkanes) is 2. The molecule has 0 bridgehead atoms. The molecule has 0 aliphatic carbocycles. The molecule has 1 aliphatic rings. The highest BCUT2D eigenvalue weighted by Gasteiger charge is 2.45. The van der Waals surface area contributed by atoms with Crippen molar-refractivity contribution in [1.82, 2.24) is 9.80 Å². The number of benzene rings is 2. The molecular weight excluding hydrogens is 468 g/mol. The number of aliphatic hydroxyl groups excluding tert-OH is 1. The van der Waals surface area contributed by atoms with Crippen molar-refractivity contribution in [2.45, 2.75) is 52.0 Å². The third kappa shape index (κ3) is 6.86. The summed E-state index contributed by atoms with van der Waals surface area (Å²) in [6.07, 6.45) is 5.20. The summed E-state index contributed by atoms with van der Waals surface area (Å²) >= 11 is 0. The minimum Gasteiger partial charge on any atom is -0.507 e. The molecule has 1 heterocycles. The van der Waals surface area contributed by atoms with E-state index in [2.05, 4.69) is 18.7 Å². The molecule has 198 valence electrons. The van der Waals surface area contributed by atoms with Crippen molar-refractivity contribution in [2.75, 3.05) is 33.3 Å². The third-order valence-corrected chi connectivity index (χ3v) is 6.76. The zero-order valence-electron chi connectivity index (χ0n) is 22.1. The first kappa shape index (κ1) is 28.1. The van der Waals surface area contributed by atoms with Gasteiger partial charge in [-0.15, -0.1) is 0 Å². The Morgan fingerprint density at radius 3 is 2.05 bits per heavy atom. The monoisotopic (exact) mass is 506 g/mol. The molecule has 1 aliphatic heterocycles. The van der Waals surface area contributed by atoms with Crippen LogP contribution in [0.3, 0.4) is 0 Å². The Balaban J connectivity index is 1.92. The van der Waals surface area contributed by atoms with Crippen LogP contribution >= 0.6 is 0 Å². The minimum absolute atomic E-state index is 0.0656. The summed E-state index contributed by atoms with van der Waals surface area (Å²) < 4.78 is 4.79. The van der Waals surface area contributed by atoms with Gasteiger partial charge in [-0.05, 0) is 56.6 Å². The van der Waals surface area contributed by atoms with Crippen LogP contribution in [0, 0.1) is 0 Å². The number of carbonyl (C=O) groups excluding carboxylic acids is 3. The number of likely N-dealkylation sites (tertiary alicyclic amines) is 1. The van der Waals surface area contributed by atoms with E-state index in [1.54, 1.807) is 53.4 Å². The van der Waals surface area contributed by atoms with E-state index in [0.717, 1.165) is 45.3 Å². The van der Waals surface area contributed by atoms with Crippen LogP contribution in [0.4, 0.5) is 0 Å². The highest BCUT2D eigenvalue weighted by atomic mass is 16.5. The molecule has 37 heavy (non-hydrogen) atoms. The second kappa shape index (κ2) is 13.7. The summed E-state index contributed by atoms with van der Waals surface area (Å²) in [6, 6.07) is 14.7. The van der Waals surface area contributed by atoms with E-state index in [9.17, 15) is 19.5 Å². The molecular formula is C30H38N2O5. The molecule has 0 aromatic heterocycles. The number of aliphatic hydroxyl groups is 1. The quantitative estimate of drug-likeness (QED) is 0.174. The molecule has 1 atom stereocenters. The molecule has 0 saturated carbocycles. The number of hydrogen-bond acceptors (Lipinski definition) is 6. The van der Waals surface area contributed by atoms with Gasteiger partial charge >= 0.3 is 5.97 Å². The molecule has 0 spiro atoms. The molecule has 7 heteroatoms. The predicted molar refractivity (Wildman–Crippen MR) is 144 cm³/mol. The summed E-state index contributed by atoms with van der Waals surface area (Å²) in [4.78, 5) is 42.4. The molecule has 3 rings (SSSR count). The summed E-state index contributed by atoms with van der Waals surface area (Å²) in [5.74, 6) is -1.98. The van der Waals surface area contributed by atoms with Gasteiger partial charge in [-0.1, -0.05) is 69.2 Å². The van der Waals surface area contributed by atoms with Gasteiger partial charge in [0.1, 0.15) is 5.76 Å². The molecule has 2 aromatic rings. The predicted octanol–water partition coefficient (Wildman–Crippen LogP) is 5.19. The van der Waals surface area contributed by atoms with Gasteiger partial charge in [0.05, 0.1) is 24.3 Å². The number of amides is 1. The van der Waals surface area contributed by atoms with Gasteiger partial charge in [0.2, 0.25) is 0 Å². The number of esters is 1. The van der Waals surface area contributed by atoms with Gasteiger partial charge in [0, 0.05) is 12.1 Å². The lowest BCUT2D eigenvalue weighted by molar-refractivity contribution is -0.140. The Kier molecular flexibility index (Phi) is 10.4. The zero-order chi connectivity index (χ0) is 26.8. The lowest BCUT2D eigenvalue weighted by atomic mass is 9.94. The van der Waals surface area contributed by atoms with E-state index in [0.29, 0.717) is 29.7 Å². The number of Topliss-reactive ketones (excluding diaryl/α,β-unsaturated/α-hetero) is 1. The first-order valence-electron chi connectivity index (χ1n) is 13.2. The van der Waals surface area contributed by atoms with Crippen molar-refractivity contribution >= 4 is 23.4 Å². The molecule has 2 aromatic carbocycles. The van der Waals surface area contributed by atoms with Gasteiger partial charge in [-0.2, -0.15) is 0 Å². The highest BCUT2D eigenvalue weighted by Crippen LogP contribution is 2.39. The molecule has 1 saturated heterocycles. The number of ether oxygens (including phenoxy) is 1. The molecule has 1 N–H and O–H groups in total. The summed E-state index contributed by atoms with van der Waals surface area (Å²) in [6.45, 7) is 7.60. The molecule has 0 unspecified atom stereocenters. The van der Waals surface area contributed by atoms with Crippen molar-refractivity contribution < 1.29 is 24.2 Å². The van der Waals surface area contributed by atoms with Crippen molar-refractivity contribution in [3.8, 4) is 0 Å². The molecule has 1 fully saturated rings. The first-order chi connectivity index (χ1) is 17.9. The van der Waals surface area contributed by atoms with Crippen LogP contribution in [0.1, 0.15) is 73.5 Å². The van der Waals surface area contributed by atoms with E-state index in [1.807, 2.05) is 6.07 Å². The van der Waals surface area contributed by atoms with Crippen molar-refractivity contribution in [3.63, 3.8) is 0 Å². The number of nitrogens with zero attached hydrogens (tertiary/aromatic N) is 2. The second-order valence-corrected chi connectivity index (χ2v) is 9.37. The Labute approximate surface area is 219 Å². The maximum absolute atomic E-state index is 13.2. The van der Waals surface area contributed by atoms with E-state index in [-0.39, 0.29) is 11.3 Å². The standard InChI is InChI=1S/C30H38N2O5/c1-4-6-18-31(19-7-5-2)20-11-21-32-26(22-14-16-24(17-15-22)30(36)37-3)25(28(34)29(32)35)27(33)23-12-9-8-10-13-23/h8-10,12-17,26,33H,4-7,11,18-21H2,1-3H3/t26-/m0/s1. The van der Waals surface area contributed by atoms with Crippen LogP contribution in [-0.2, 0) is 14.3 Å². The van der Waals surface area contributed by atoms with Crippen molar-refractivity contribution in [1.29, 1.82) is 0 Å². The summed E-state index contributed by atoms with van der Waals surface area (Å²) in [5, 5.41) is 11.1. The third-order valence-electron chi connectivity index (χ3n) is 6.76. The smallest absolute Gasteiger partial charge is 0.337 e. The second-order valence-electron chi connectivity index (χ2n) is 9.37. The van der Waals surface area contributed by atoms with E-state index >= 15 is 0 Å². The minimum atomic E-state index is -0.744. The van der Waals surface area contributed by atoms with Gasteiger partial charge in [-0.3, -0.25) is 9.59 Å². The van der Waals surface area contributed by atoms with E-state index < -0.39 is 23.7 Å². The molecule has 0 radical (unpaired) electrons. The maximum atomic E-state index is 13.2. The number of ketones is 1. The van der Waals surface area contributed by atoms with Crippen LogP contribution in [-0.4, -0.2) is 65.9 Å².